The monoisotopic (exact) mass is 451 g/mol. The fourth-order valence-corrected chi connectivity index (χ4v) is 3.81. The average molecular weight is 452 g/mol. The molecule has 0 unspecified atom stereocenters. The Labute approximate surface area is 182 Å². The van der Waals surface area contributed by atoms with Crippen LogP contribution in [0.3, 0.4) is 0 Å². The van der Waals surface area contributed by atoms with Gasteiger partial charge in [0.2, 0.25) is 15.9 Å². The van der Waals surface area contributed by atoms with Crippen molar-refractivity contribution >= 4 is 44.8 Å². The van der Waals surface area contributed by atoms with E-state index < -0.39 is 22.5 Å². The molecule has 2 aromatic rings. The number of carbonyl (C=O) groups is 2. The molecule has 0 aliphatic carbocycles. The molecule has 0 heterocycles. The number of rotatable bonds is 8. The summed E-state index contributed by atoms with van der Waals surface area (Å²) in [5.41, 5.74) is 1.59. The SMILES string of the molecule is Cc1ccc(Cl)cc1N(CC(=O)Nc1ccccc1C(=O)NCC(C)C)S(C)(=O)=O. The maximum Gasteiger partial charge on any atom is 0.253 e. The maximum atomic E-state index is 12.7. The van der Waals surface area contributed by atoms with Gasteiger partial charge >= 0.3 is 0 Å². The molecule has 7 nitrogen and oxygen atoms in total. The van der Waals surface area contributed by atoms with Gasteiger partial charge in [0.25, 0.3) is 5.91 Å². The number of para-hydroxylation sites is 1. The van der Waals surface area contributed by atoms with E-state index in [1.807, 2.05) is 13.8 Å². The molecule has 30 heavy (non-hydrogen) atoms. The van der Waals surface area contributed by atoms with E-state index in [1.165, 1.54) is 6.07 Å². The summed E-state index contributed by atoms with van der Waals surface area (Å²) < 4.78 is 25.7. The van der Waals surface area contributed by atoms with Crippen molar-refractivity contribution in [3.8, 4) is 0 Å². The molecule has 0 spiro atoms. The lowest BCUT2D eigenvalue weighted by molar-refractivity contribution is -0.114. The number of aryl methyl sites for hydroxylation is 1. The highest BCUT2D eigenvalue weighted by atomic mass is 35.5. The van der Waals surface area contributed by atoms with Gasteiger partial charge < -0.3 is 10.6 Å². The van der Waals surface area contributed by atoms with Gasteiger partial charge in [0.05, 0.1) is 23.2 Å². The topological polar surface area (TPSA) is 95.6 Å². The second-order valence-corrected chi connectivity index (χ2v) is 9.74. The van der Waals surface area contributed by atoms with Crippen LogP contribution in [0.15, 0.2) is 42.5 Å². The summed E-state index contributed by atoms with van der Waals surface area (Å²) in [6, 6.07) is 11.4. The fourth-order valence-electron chi connectivity index (χ4n) is 2.73. The van der Waals surface area contributed by atoms with Gasteiger partial charge in [0.15, 0.2) is 0 Å². The van der Waals surface area contributed by atoms with Crippen molar-refractivity contribution in [2.45, 2.75) is 20.8 Å². The quantitative estimate of drug-likeness (QED) is 0.642. The number of amides is 2. The minimum absolute atomic E-state index is 0.278. The van der Waals surface area contributed by atoms with Crippen molar-refractivity contribution in [3.63, 3.8) is 0 Å². The molecule has 2 N–H and O–H groups in total. The average Bonchev–Trinajstić information content (AvgIpc) is 2.66. The van der Waals surface area contributed by atoms with Crippen LogP contribution in [0.25, 0.3) is 0 Å². The number of sulfonamides is 1. The molecule has 162 valence electrons. The molecule has 0 aliphatic rings. The van der Waals surface area contributed by atoms with E-state index in [1.54, 1.807) is 43.3 Å². The first-order valence-electron chi connectivity index (χ1n) is 9.40. The standard InChI is InChI=1S/C21H26ClN3O4S/c1-14(2)12-23-21(27)17-7-5-6-8-18(17)24-20(26)13-25(30(4,28)29)19-11-16(22)10-9-15(19)3/h5-11,14H,12-13H2,1-4H3,(H,23,27)(H,24,26). The zero-order valence-electron chi connectivity index (χ0n) is 17.4. The Hall–Kier alpha value is -2.58. The van der Waals surface area contributed by atoms with E-state index in [2.05, 4.69) is 10.6 Å². The zero-order valence-corrected chi connectivity index (χ0v) is 19.0. The molecule has 0 saturated carbocycles. The van der Waals surface area contributed by atoms with Crippen LogP contribution in [0, 0.1) is 12.8 Å². The number of hydrogen-bond donors (Lipinski definition) is 2. The highest BCUT2D eigenvalue weighted by Gasteiger charge is 2.23. The lowest BCUT2D eigenvalue weighted by Crippen LogP contribution is -2.38. The predicted molar refractivity (Wildman–Crippen MR) is 121 cm³/mol. The highest BCUT2D eigenvalue weighted by molar-refractivity contribution is 7.92. The van der Waals surface area contributed by atoms with E-state index in [0.717, 1.165) is 10.6 Å². The normalized spacial score (nSPS) is 11.3. The first kappa shape index (κ1) is 23.7. The van der Waals surface area contributed by atoms with E-state index in [-0.39, 0.29) is 11.8 Å². The Kier molecular flexibility index (Phi) is 7.86. The van der Waals surface area contributed by atoms with Crippen molar-refractivity contribution < 1.29 is 18.0 Å². The van der Waals surface area contributed by atoms with Crippen molar-refractivity contribution in [3.05, 3.63) is 58.6 Å². The number of nitrogens with one attached hydrogen (secondary N) is 2. The Morgan fingerprint density at radius 2 is 1.80 bits per heavy atom. The summed E-state index contributed by atoms with van der Waals surface area (Å²) in [6.45, 7) is 5.73. The molecule has 0 radical (unpaired) electrons. The van der Waals surface area contributed by atoms with E-state index in [0.29, 0.717) is 34.1 Å². The lowest BCUT2D eigenvalue weighted by Gasteiger charge is -2.24. The minimum Gasteiger partial charge on any atom is -0.352 e. The minimum atomic E-state index is -3.75. The summed E-state index contributed by atoms with van der Waals surface area (Å²) in [6.07, 6.45) is 1.02. The summed E-state index contributed by atoms with van der Waals surface area (Å²) in [7, 11) is -3.75. The van der Waals surface area contributed by atoms with Crippen molar-refractivity contribution in [2.24, 2.45) is 5.92 Å². The Balaban J connectivity index is 2.25. The van der Waals surface area contributed by atoms with Gasteiger partial charge in [-0.2, -0.15) is 0 Å². The maximum absolute atomic E-state index is 12.7. The predicted octanol–water partition coefficient (Wildman–Crippen LogP) is 3.44. The second-order valence-electron chi connectivity index (χ2n) is 7.40. The van der Waals surface area contributed by atoms with Gasteiger partial charge in [-0.1, -0.05) is 43.6 Å². The Bertz CT molecular complexity index is 1040. The van der Waals surface area contributed by atoms with Crippen LogP contribution in [-0.2, 0) is 14.8 Å². The van der Waals surface area contributed by atoms with Gasteiger partial charge in [-0.05, 0) is 42.7 Å². The molecule has 0 fully saturated rings. The molecule has 9 heteroatoms. The molecule has 2 amide bonds. The lowest BCUT2D eigenvalue weighted by atomic mass is 10.1. The van der Waals surface area contributed by atoms with Crippen LogP contribution < -0.4 is 14.9 Å². The summed E-state index contributed by atoms with van der Waals surface area (Å²) in [5.74, 6) is -0.617. The molecular formula is C21H26ClN3O4S. The molecule has 0 aliphatic heterocycles. The third-order valence-electron chi connectivity index (χ3n) is 4.24. The smallest absolute Gasteiger partial charge is 0.253 e. The van der Waals surface area contributed by atoms with Crippen LogP contribution in [0.2, 0.25) is 5.02 Å². The van der Waals surface area contributed by atoms with E-state index in [4.69, 9.17) is 11.6 Å². The molecular weight excluding hydrogens is 426 g/mol. The summed E-state index contributed by atoms with van der Waals surface area (Å²) in [4.78, 5) is 25.2. The van der Waals surface area contributed by atoms with Crippen LogP contribution in [0.5, 0.6) is 0 Å². The Morgan fingerprint density at radius 3 is 2.43 bits per heavy atom. The van der Waals surface area contributed by atoms with Gasteiger partial charge in [0, 0.05) is 11.6 Å². The van der Waals surface area contributed by atoms with Gasteiger partial charge in [-0.15, -0.1) is 0 Å². The summed E-state index contributed by atoms with van der Waals surface area (Å²) >= 11 is 6.02. The van der Waals surface area contributed by atoms with E-state index >= 15 is 0 Å². The zero-order chi connectivity index (χ0) is 22.5. The van der Waals surface area contributed by atoms with Crippen molar-refractivity contribution in [2.75, 3.05) is 29.0 Å². The number of carbonyl (C=O) groups excluding carboxylic acids is 2. The van der Waals surface area contributed by atoms with Crippen molar-refractivity contribution in [1.29, 1.82) is 0 Å². The number of benzene rings is 2. The third kappa shape index (κ3) is 6.47. The molecule has 2 aromatic carbocycles. The number of hydrogen-bond acceptors (Lipinski definition) is 4. The number of halogens is 1. The molecule has 0 atom stereocenters. The van der Waals surface area contributed by atoms with E-state index in [9.17, 15) is 18.0 Å². The van der Waals surface area contributed by atoms with Gasteiger partial charge in [-0.3, -0.25) is 13.9 Å². The highest BCUT2D eigenvalue weighted by Crippen LogP contribution is 2.26. The van der Waals surface area contributed by atoms with Crippen LogP contribution >= 0.6 is 11.6 Å². The van der Waals surface area contributed by atoms with Crippen LogP contribution in [-0.4, -0.2) is 39.6 Å². The van der Waals surface area contributed by atoms with Gasteiger partial charge in [-0.25, -0.2) is 8.42 Å². The molecule has 2 rings (SSSR count). The molecule has 0 saturated heterocycles. The fraction of sp³-hybridized carbons (Fsp3) is 0.333. The van der Waals surface area contributed by atoms with Crippen LogP contribution in [0.4, 0.5) is 11.4 Å². The molecule has 0 bridgehead atoms. The van der Waals surface area contributed by atoms with Gasteiger partial charge in [0.1, 0.15) is 6.54 Å². The van der Waals surface area contributed by atoms with Crippen molar-refractivity contribution in [1.82, 2.24) is 5.32 Å². The second kappa shape index (κ2) is 9.95. The first-order valence-corrected chi connectivity index (χ1v) is 11.6. The number of nitrogens with zero attached hydrogens (tertiary/aromatic N) is 1. The summed E-state index contributed by atoms with van der Waals surface area (Å²) in [5, 5.41) is 5.81. The largest absolute Gasteiger partial charge is 0.352 e. The van der Waals surface area contributed by atoms with Crippen LogP contribution in [0.1, 0.15) is 29.8 Å². The third-order valence-corrected chi connectivity index (χ3v) is 5.61. The first-order chi connectivity index (χ1) is 14.0. The molecule has 0 aromatic heterocycles. The number of anilines is 2. The Morgan fingerprint density at radius 1 is 1.13 bits per heavy atom.